The van der Waals surface area contributed by atoms with Gasteiger partial charge in [0.1, 0.15) is 18.2 Å². The third kappa shape index (κ3) is 4.34. The van der Waals surface area contributed by atoms with Crippen LogP contribution in [0.1, 0.15) is 11.4 Å². The summed E-state index contributed by atoms with van der Waals surface area (Å²) in [6.45, 7) is 3.12. The summed E-state index contributed by atoms with van der Waals surface area (Å²) in [7, 11) is -2.08. The lowest BCUT2D eigenvalue weighted by molar-refractivity contribution is 0.00586. The van der Waals surface area contributed by atoms with Gasteiger partial charge < -0.3 is 14.0 Å². The predicted octanol–water partition coefficient (Wildman–Crippen LogP) is 2.74. The van der Waals surface area contributed by atoms with E-state index in [1.165, 1.54) is 24.8 Å². The Hall–Kier alpha value is -2.68. The quantitative estimate of drug-likeness (QED) is 0.672. The summed E-state index contributed by atoms with van der Waals surface area (Å²) in [5.74, 6) is 1.45. The van der Waals surface area contributed by atoms with Crippen molar-refractivity contribution in [3.8, 4) is 17.0 Å². The monoisotopic (exact) mass is 413 g/mol. The average molecular weight is 413 g/mol. The number of imidazole rings is 1. The maximum Gasteiger partial charge on any atom is 0.240 e. The molecule has 1 atom stereocenters. The van der Waals surface area contributed by atoms with E-state index in [0.29, 0.717) is 18.9 Å². The van der Waals surface area contributed by atoms with Gasteiger partial charge in [0, 0.05) is 18.3 Å². The highest BCUT2D eigenvalue weighted by atomic mass is 32.2. The van der Waals surface area contributed by atoms with E-state index in [-0.39, 0.29) is 17.5 Å². The summed E-state index contributed by atoms with van der Waals surface area (Å²) in [6.07, 6.45) is 1.73. The SMILES string of the molecule is COc1ccc(S(=O)(=O)NC[C@H]2Cn3cc(-c4ccc(C)cc4)nc3CO2)cc1. The molecule has 3 aromatic rings. The van der Waals surface area contributed by atoms with Gasteiger partial charge in [-0.05, 0) is 31.2 Å². The van der Waals surface area contributed by atoms with Gasteiger partial charge in [0.2, 0.25) is 10.0 Å². The zero-order chi connectivity index (χ0) is 20.4. The number of nitrogens with one attached hydrogen (secondary N) is 1. The maximum absolute atomic E-state index is 12.5. The van der Waals surface area contributed by atoms with Gasteiger partial charge in [0.25, 0.3) is 0 Å². The number of methoxy groups -OCH3 is 1. The number of hydrogen-bond donors (Lipinski definition) is 1. The molecule has 1 N–H and O–H groups in total. The molecule has 0 bridgehead atoms. The summed E-state index contributed by atoms with van der Waals surface area (Å²) in [5, 5.41) is 0. The Morgan fingerprint density at radius 1 is 1.17 bits per heavy atom. The number of aromatic nitrogens is 2. The minimum atomic E-state index is -3.61. The minimum Gasteiger partial charge on any atom is -0.497 e. The zero-order valence-electron chi connectivity index (χ0n) is 16.3. The van der Waals surface area contributed by atoms with E-state index in [9.17, 15) is 8.42 Å². The highest BCUT2D eigenvalue weighted by molar-refractivity contribution is 7.89. The Bertz CT molecular complexity index is 1090. The number of benzene rings is 2. The highest BCUT2D eigenvalue weighted by Crippen LogP contribution is 2.23. The Balaban J connectivity index is 1.41. The summed E-state index contributed by atoms with van der Waals surface area (Å²) in [5.41, 5.74) is 3.14. The highest BCUT2D eigenvalue weighted by Gasteiger charge is 2.23. The second-order valence-corrected chi connectivity index (χ2v) is 8.79. The van der Waals surface area contributed by atoms with E-state index in [4.69, 9.17) is 9.47 Å². The molecule has 7 nitrogen and oxygen atoms in total. The maximum atomic E-state index is 12.5. The van der Waals surface area contributed by atoms with Crippen molar-refractivity contribution in [1.29, 1.82) is 0 Å². The third-order valence-electron chi connectivity index (χ3n) is 4.93. The van der Waals surface area contributed by atoms with Gasteiger partial charge in [-0.3, -0.25) is 0 Å². The van der Waals surface area contributed by atoms with Crippen LogP contribution in [0.5, 0.6) is 5.75 Å². The standard InChI is InChI=1S/C21H23N3O4S/c1-15-3-5-16(6-4-15)20-13-24-12-18(28-14-21(24)23-20)11-22-29(25,26)19-9-7-17(27-2)8-10-19/h3-10,13,18,22H,11-12,14H2,1-2H3/t18-/m0/s1. The predicted molar refractivity (Wildman–Crippen MR) is 109 cm³/mol. The van der Waals surface area contributed by atoms with Crippen LogP contribution < -0.4 is 9.46 Å². The summed E-state index contributed by atoms with van der Waals surface area (Å²) >= 11 is 0. The molecule has 0 saturated heterocycles. The Kier molecular flexibility index (Phi) is 5.40. The molecule has 2 heterocycles. The fourth-order valence-electron chi connectivity index (χ4n) is 3.22. The fraction of sp³-hybridized carbons (Fsp3) is 0.286. The molecule has 0 saturated carbocycles. The van der Waals surface area contributed by atoms with E-state index < -0.39 is 10.0 Å². The number of ether oxygens (including phenoxy) is 2. The number of aryl methyl sites for hydroxylation is 1. The molecule has 0 spiro atoms. The van der Waals surface area contributed by atoms with Crippen LogP contribution in [-0.4, -0.2) is 37.7 Å². The van der Waals surface area contributed by atoms with Crippen molar-refractivity contribution >= 4 is 10.0 Å². The first-order chi connectivity index (χ1) is 13.9. The topological polar surface area (TPSA) is 82.5 Å². The third-order valence-corrected chi connectivity index (χ3v) is 6.37. The molecule has 0 aliphatic carbocycles. The molecule has 152 valence electrons. The summed E-state index contributed by atoms with van der Waals surface area (Å²) in [4.78, 5) is 4.84. The van der Waals surface area contributed by atoms with E-state index in [0.717, 1.165) is 17.1 Å². The summed E-state index contributed by atoms with van der Waals surface area (Å²) in [6, 6.07) is 14.5. The van der Waals surface area contributed by atoms with Crippen LogP contribution in [0.2, 0.25) is 0 Å². The first-order valence-corrected chi connectivity index (χ1v) is 10.8. The number of sulfonamides is 1. The first kappa shape index (κ1) is 19.6. The summed E-state index contributed by atoms with van der Waals surface area (Å²) < 4.78 is 40.6. The van der Waals surface area contributed by atoms with E-state index >= 15 is 0 Å². The molecule has 29 heavy (non-hydrogen) atoms. The molecule has 2 aromatic carbocycles. The molecule has 8 heteroatoms. The van der Waals surface area contributed by atoms with Crippen LogP contribution >= 0.6 is 0 Å². The lowest BCUT2D eigenvalue weighted by Crippen LogP contribution is -2.38. The van der Waals surface area contributed by atoms with Crippen LogP contribution in [0.25, 0.3) is 11.3 Å². The van der Waals surface area contributed by atoms with Crippen molar-refractivity contribution in [3.63, 3.8) is 0 Å². The molecule has 0 unspecified atom stereocenters. The number of fused-ring (bicyclic) bond motifs is 1. The van der Waals surface area contributed by atoms with Gasteiger partial charge in [-0.25, -0.2) is 18.1 Å². The first-order valence-electron chi connectivity index (χ1n) is 9.33. The van der Waals surface area contributed by atoms with Crippen molar-refractivity contribution in [2.24, 2.45) is 0 Å². The fourth-order valence-corrected chi connectivity index (χ4v) is 4.29. The lowest BCUT2D eigenvalue weighted by atomic mass is 10.1. The molecule has 1 aromatic heterocycles. The normalized spacial score (nSPS) is 16.4. The molecular formula is C21H23N3O4S. The van der Waals surface area contributed by atoms with Gasteiger partial charge >= 0.3 is 0 Å². The van der Waals surface area contributed by atoms with Crippen molar-refractivity contribution in [1.82, 2.24) is 14.3 Å². The van der Waals surface area contributed by atoms with Crippen LogP contribution in [0, 0.1) is 6.92 Å². The Morgan fingerprint density at radius 2 is 1.90 bits per heavy atom. The molecule has 0 radical (unpaired) electrons. The van der Waals surface area contributed by atoms with E-state index in [1.54, 1.807) is 12.1 Å². The van der Waals surface area contributed by atoms with E-state index in [2.05, 4.69) is 21.8 Å². The van der Waals surface area contributed by atoms with Gasteiger partial charge in [-0.15, -0.1) is 0 Å². The van der Waals surface area contributed by atoms with E-state index in [1.807, 2.05) is 29.8 Å². The second kappa shape index (κ2) is 7.98. The van der Waals surface area contributed by atoms with Gasteiger partial charge in [-0.1, -0.05) is 29.8 Å². The van der Waals surface area contributed by atoms with Crippen molar-refractivity contribution < 1.29 is 17.9 Å². The minimum absolute atomic E-state index is 0.186. The molecule has 0 amide bonds. The van der Waals surface area contributed by atoms with Gasteiger partial charge in [0.15, 0.2) is 0 Å². The van der Waals surface area contributed by atoms with Crippen LogP contribution in [0.3, 0.4) is 0 Å². The van der Waals surface area contributed by atoms with Crippen molar-refractivity contribution in [2.75, 3.05) is 13.7 Å². The number of nitrogens with zero attached hydrogens (tertiary/aromatic N) is 2. The molecule has 0 fully saturated rings. The molecule has 1 aliphatic heterocycles. The zero-order valence-corrected chi connectivity index (χ0v) is 17.1. The van der Waals surface area contributed by atoms with Crippen LogP contribution in [0.15, 0.2) is 59.6 Å². The Labute approximate surface area is 170 Å². The lowest BCUT2D eigenvalue weighted by Gasteiger charge is -2.24. The van der Waals surface area contributed by atoms with Gasteiger partial charge in [-0.2, -0.15) is 0 Å². The number of rotatable bonds is 6. The largest absolute Gasteiger partial charge is 0.497 e. The van der Waals surface area contributed by atoms with Gasteiger partial charge in [0.05, 0.1) is 30.3 Å². The van der Waals surface area contributed by atoms with Crippen LogP contribution in [-0.2, 0) is 27.9 Å². The molecule has 4 rings (SSSR count). The molecule has 1 aliphatic rings. The van der Waals surface area contributed by atoms with Crippen LogP contribution in [0.4, 0.5) is 0 Å². The molecular weight excluding hydrogens is 390 g/mol. The smallest absolute Gasteiger partial charge is 0.240 e. The van der Waals surface area contributed by atoms with Crippen molar-refractivity contribution in [3.05, 3.63) is 66.1 Å². The van der Waals surface area contributed by atoms with Crippen molar-refractivity contribution in [2.45, 2.75) is 31.1 Å². The number of hydrogen-bond acceptors (Lipinski definition) is 5. The second-order valence-electron chi connectivity index (χ2n) is 7.02. The average Bonchev–Trinajstić information content (AvgIpc) is 3.16. The Morgan fingerprint density at radius 3 is 2.59 bits per heavy atom.